The summed E-state index contributed by atoms with van der Waals surface area (Å²) in [6, 6.07) is 0. The van der Waals surface area contributed by atoms with E-state index in [-0.39, 0.29) is 23.1 Å². The summed E-state index contributed by atoms with van der Waals surface area (Å²) >= 11 is 0. The maximum atomic E-state index is 12.3. The van der Waals surface area contributed by atoms with Gasteiger partial charge in [-0.3, -0.25) is 0 Å². The van der Waals surface area contributed by atoms with Crippen molar-refractivity contribution in [2.45, 2.75) is 31.0 Å². The molecule has 0 amide bonds. The minimum Gasteiger partial charge on any atom is -0.373 e. The quantitative estimate of drug-likeness (QED) is 0.804. The summed E-state index contributed by atoms with van der Waals surface area (Å²) in [5.74, 6) is 0.0534. The second-order valence-corrected chi connectivity index (χ2v) is 6.29. The van der Waals surface area contributed by atoms with Crippen LogP contribution in [0.4, 0.5) is 5.95 Å². The molecule has 2 rings (SSSR count). The molecule has 1 saturated heterocycles. The van der Waals surface area contributed by atoms with Crippen molar-refractivity contribution in [1.82, 2.24) is 14.3 Å². The Morgan fingerprint density at radius 2 is 1.78 bits per heavy atom. The molecule has 0 bridgehead atoms. The zero-order chi connectivity index (χ0) is 13.3. The Morgan fingerprint density at radius 1 is 1.28 bits per heavy atom. The number of nitrogens with zero attached hydrogens (tertiary/aromatic N) is 3. The van der Waals surface area contributed by atoms with Crippen LogP contribution >= 0.6 is 0 Å². The highest BCUT2D eigenvalue weighted by atomic mass is 32.2. The second kappa shape index (κ2) is 4.79. The maximum absolute atomic E-state index is 12.3. The van der Waals surface area contributed by atoms with Crippen LogP contribution in [0.1, 0.15) is 13.8 Å². The average Bonchev–Trinajstić information content (AvgIpc) is 2.28. The number of hydrogen-bond acceptors (Lipinski definition) is 6. The van der Waals surface area contributed by atoms with Crippen molar-refractivity contribution < 1.29 is 13.2 Å². The first-order valence-electron chi connectivity index (χ1n) is 5.62. The highest BCUT2D eigenvalue weighted by molar-refractivity contribution is 7.89. The maximum Gasteiger partial charge on any atom is 0.246 e. The first-order valence-corrected chi connectivity index (χ1v) is 7.06. The number of sulfonamides is 1. The highest BCUT2D eigenvalue weighted by Crippen LogP contribution is 2.20. The van der Waals surface area contributed by atoms with Gasteiger partial charge in [0.2, 0.25) is 16.0 Å². The Morgan fingerprint density at radius 3 is 2.28 bits per heavy atom. The summed E-state index contributed by atoms with van der Waals surface area (Å²) in [5.41, 5.74) is 5.34. The fraction of sp³-hybridized carbons (Fsp3) is 0.600. The molecule has 1 aliphatic rings. The van der Waals surface area contributed by atoms with Crippen LogP contribution in [0, 0.1) is 0 Å². The molecule has 1 aromatic rings. The van der Waals surface area contributed by atoms with Crippen molar-refractivity contribution in [2.75, 3.05) is 18.8 Å². The van der Waals surface area contributed by atoms with Crippen molar-refractivity contribution >= 4 is 16.0 Å². The highest BCUT2D eigenvalue weighted by Gasteiger charge is 2.32. The molecule has 2 unspecified atom stereocenters. The van der Waals surface area contributed by atoms with Crippen LogP contribution in [0.25, 0.3) is 0 Å². The zero-order valence-electron chi connectivity index (χ0n) is 10.3. The largest absolute Gasteiger partial charge is 0.373 e. The Balaban J connectivity index is 2.28. The van der Waals surface area contributed by atoms with E-state index < -0.39 is 10.0 Å². The molecule has 0 radical (unpaired) electrons. The van der Waals surface area contributed by atoms with Crippen molar-refractivity contribution in [2.24, 2.45) is 0 Å². The number of morpholine rings is 1. The molecular weight excluding hydrogens is 256 g/mol. The monoisotopic (exact) mass is 272 g/mol. The molecule has 1 aromatic heterocycles. The minimum absolute atomic E-state index is 0.0534. The van der Waals surface area contributed by atoms with E-state index >= 15 is 0 Å². The average molecular weight is 272 g/mol. The van der Waals surface area contributed by atoms with Gasteiger partial charge in [-0.25, -0.2) is 18.4 Å². The zero-order valence-corrected chi connectivity index (χ0v) is 11.1. The fourth-order valence-corrected chi connectivity index (χ4v) is 3.42. The van der Waals surface area contributed by atoms with Gasteiger partial charge in [-0.2, -0.15) is 4.31 Å². The molecule has 0 saturated carbocycles. The molecule has 18 heavy (non-hydrogen) atoms. The van der Waals surface area contributed by atoms with Crippen LogP contribution in [0.3, 0.4) is 0 Å². The third kappa shape index (κ3) is 2.60. The first-order chi connectivity index (χ1) is 8.39. The van der Waals surface area contributed by atoms with Crippen LogP contribution < -0.4 is 5.73 Å². The lowest BCUT2D eigenvalue weighted by atomic mass is 10.3. The Bertz CT molecular complexity index is 506. The van der Waals surface area contributed by atoms with E-state index in [2.05, 4.69) is 9.97 Å². The number of nitrogens with two attached hydrogens (primary N) is 1. The Kier molecular flexibility index (Phi) is 3.51. The molecule has 1 fully saturated rings. The summed E-state index contributed by atoms with van der Waals surface area (Å²) in [5, 5.41) is 0. The van der Waals surface area contributed by atoms with Crippen LogP contribution in [-0.4, -0.2) is 48.0 Å². The predicted octanol–water partition coefficient (Wildman–Crippen LogP) is -0.143. The fourth-order valence-electron chi connectivity index (χ4n) is 1.94. The number of nitrogen functional groups attached to an aromatic ring is 1. The van der Waals surface area contributed by atoms with Crippen molar-refractivity contribution in [3.8, 4) is 0 Å². The van der Waals surface area contributed by atoms with E-state index in [9.17, 15) is 8.42 Å². The van der Waals surface area contributed by atoms with Crippen LogP contribution in [0.2, 0.25) is 0 Å². The summed E-state index contributed by atoms with van der Waals surface area (Å²) in [6.07, 6.45) is 2.20. The predicted molar refractivity (Wildman–Crippen MR) is 65.2 cm³/mol. The second-order valence-electron chi connectivity index (χ2n) is 4.36. The third-order valence-corrected chi connectivity index (χ3v) is 4.46. The molecule has 1 aliphatic heterocycles. The van der Waals surface area contributed by atoms with E-state index in [1.807, 2.05) is 13.8 Å². The van der Waals surface area contributed by atoms with Gasteiger partial charge in [0, 0.05) is 13.1 Å². The summed E-state index contributed by atoms with van der Waals surface area (Å²) in [4.78, 5) is 7.47. The lowest BCUT2D eigenvalue weighted by Crippen LogP contribution is -2.48. The molecule has 2 heterocycles. The molecular formula is C10H16N4O3S. The van der Waals surface area contributed by atoms with Gasteiger partial charge in [-0.05, 0) is 13.8 Å². The molecule has 0 aromatic carbocycles. The normalized spacial score (nSPS) is 26.1. The van der Waals surface area contributed by atoms with Crippen molar-refractivity contribution in [3.63, 3.8) is 0 Å². The first kappa shape index (κ1) is 13.2. The Labute approximate surface area is 106 Å². The van der Waals surface area contributed by atoms with E-state index in [0.717, 1.165) is 0 Å². The molecule has 2 atom stereocenters. The lowest BCUT2D eigenvalue weighted by Gasteiger charge is -2.34. The van der Waals surface area contributed by atoms with Gasteiger partial charge in [0.05, 0.1) is 24.6 Å². The summed E-state index contributed by atoms with van der Waals surface area (Å²) in [7, 11) is -3.57. The molecule has 0 aliphatic carbocycles. The van der Waals surface area contributed by atoms with E-state index in [1.54, 1.807) is 0 Å². The van der Waals surface area contributed by atoms with Gasteiger partial charge in [0.15, 0.2) is 0 Å². The van der Waals surface area contributed by atoms with E-state index in [1.165, 1.54) is 16.7 Å². The smallest absolute Gasteiger partial charge is 0.246 e. The number of anilines is 1. The number of ether oxygens (including phenoxy) is 1. The summed E-state index contributed by atoms with van der Waals surface area (Å²) in [6.45, 7) is 4.35. The van der Waals surface area contributed by atoms with Gasteiger partial charge in [-0.15, -0.1) is 0 Å². The molecule has 8 heteroatoms. The van der Waals surface area contributed by atoms with Gasteiger partial charge >= 0.3 is 0 Å². The Hall–Kier alpha value is -1.25. The van der Waals surface area contributed by atoms with E-state index in [4.69, 9.17) is 10.5 Å². The van der Waals surface area contributed by atoms with Gasteiger partial charge in [0.25, 0.3) is 0 Å². The van der Waals surface area contributed by atoms with Gasteiger partial charge in [-0.1, -0.05) is 0 Å². The minimum atomic E-state index is -3.57. The van der Waals surface area contributed by atoms with Crippen molar-refractivity contribution in [3.05, 3.63) is 12.4 Å². The lowest BCUT2D eigenvalue weighted by molar-refractivity contribution is -0.0440. The SMILES string of the molecule is CC1CN(S(=O)(=O)c2cnc(N)nc2)CC(C)O1. The molecule has 7 nitrogen and oxygen atoms in total. The topological polar surface area (TPSA) is 98.4 Å². The number of rotatable bonds is 2. The molecule has 0 spiro atoms. The number of hydrogen-bond donors (Lipinski definition) is 1. The summed E-state index contributed by atoms with van der Waals surface area (Å²) < 4.78 is 31.6. The third-order valence-electron chi connectivity index (χ3n) is 2.67. The van der Waals surface area contributed by atoms with Crippen molar-refractivity contribution in [1.29, 1.82) is 0 Å². The van der Waals surface area contributed by atoms with Crippen LogP contribution in [0.5, 0.6) is 0 Å². The van der Waals surface area contributed by atoms with Crippen LogP contribution in [0.15, 0.2) is 17.3 Å². The van der Waals surface area contributed by atoms with Crippen LogP contribution in [-0.2, 0) is 14.8 Å². The van der Waals surface area contributed by atoms with Gasteiger partial charge < -0.3 is 10.5 Å². The van der Waals surface area contributed by atoms with E-state index in [0.29, 0.717) is 13.1 Å². The molecule has 2 N–H and O–H groups in total. The van der Waals surface area contributed by atoms with Gasteiger partial charge in [0.1, 0.15) is 4.90 Å². The standard InChI is InChI=1S/C10H16N4O3S/c1-7-5-14(6-8(2)17-7)18(15,16)9-3-12-10(11)13-4-9/h3-4,7-8H,5-6H2,1-2H3,(H2,11,12,13). The molecule has 100 valence electrons. The number of aromatic nitrogens is 2.